The van der Waals surface area contributed by atoms with Gasteiger partial charge in [0.2, 0.25) is 0 Å². The molecule has 0 saturated carbocycles. The van der Waals surface area contributed by atoms with Crippen molar-refractivity contribution in [3.63, 3.8) is 0 Å². The lowest BCUT2D eigenvalue weighted by Crippen LogP contribution is -2.34. The molecule has 0 amide bonds. The second-order valence-corrected chi connectivity index (χ2v) is 8.95. The summed E-state index contributed by atoms with van der Waals surface area (Å²) in [4.78, 5) is 13.6. The molecule has 0 aliphatic carbocycles. The minimum absolute atomic E-state index is 0.0194. The number of carboxylic acid groups (broad SMARTS) is 1. The van der Waals surface area contributed by atoms with E-state index in [1.165, 1.54) is 16.3 Å². The van der Waals surface area contributed by atoms with Crippen LogP contribution in [0.5, 0.6) is 5.75 Å². The number of rotatable bonds is 10. The predicted octanol–water partition coefficient (Wildman–Crippen LogP) is 5.58. The maximum atomic E-state index is 11.3. The van der Waals surface area contributed by atoms with E-state index in [0.29, 0.717) is 18.4 Å². The number of hydrogen-bond donors (Lipinski definition) is 2. The van der Waals surface area contributed by atoms with Crippen molar-refractivity contribution in [1.29, 1.82) is 0 Å². The zero-order valence-electron chi connectivity index (χ0n) is 19.6. The molecular weight excluding hydrogens is 412 g/mol. The van der Waals surface area contributed by atoms with Gasteiger partial charge in [-0.3, -0.25) is 4.79 Å². The minimum Gasteiger partial charge on any atom is -0.493 e. The van der Waals surface area contributed by atoms with E-state index in [1.54, 1.807) is 0 Å². The van der Waals surface area contributed by atoms with Gasteiger partial charge in [-0.15, -0.1) is 0 Å². The predicted molar refractivity (Wildman–Crippen MR) is 134 cm³/mol. The molecule has 0 radical (unpaired) electrons. The number of nitrogens with zero attached hydrogens (tertiary/aromatic N) is 1. The first kappa shape index (κ1) is 23.1. The first-order valence-corrected chi connectivity index (χ1v) is 12.0. The highest BCUT2D eigenvalue weighted by Gasteiger charge is 2.25. The molecule has 2 N–H and O–H groups in total. The number of fused-ring (bicyclic) bond motifs is 1. The molecule has 1 heterocycles. The van der Waals surface area contributed by atoms with Gasteiger partial charge in [0.15, 0.2) is 0 Å². The van der Waals surface area contributed by atoms with E-state index in [9.17, 15) is 9.90 Å². The number of benzene rings is 3. The summed E-state index contributed by atoms with van der Waals surface area (Å²) in [7, 11) is 0. The Morgan fingerprint density at radius 1 is 1.18 bits per heavy atom. The number of nitrogens with one attached hydrogen (secondary N) is 1. The highest BCUT2D eigenvalue weighted by molar-refractivity contribution is 5.86. The molecule has 2 atom stereocenters. The van der Waals surface area contributed by atoms with Crippen molar-refractivity contribution in [1.82, 2.24) is 5.32 Å². The van der Waals surface area contributed by atoms with E-state index >= 15 is 0 Å². The van der Waals surface area contributed by atoms with Gasteiger partial charge in [-0.25, -0.2) is 0 Å². The van der Waals surface area contributed by atoms with E-state index < -0.39 is 5.97 Å². The quantitative estimate of drug-likeness (QED) is 0.398. The van der Waals surface area contributed by atoms with Crippen molar-refractivity contribution in [3.05, 3.63) is 71.8 Å². The number of unbranched alkanes of at least 4 members (excludes halogenated alkanes) is 1. The topological polar surface area (TPSA) is 61.8 Å². The summed E-state index contributed by atoms with van der Waals surface area (Å²) in [6.07, 6.45) is 3.05. The monoisotopic (exact) mass is 446 g/mol. The molecule has 4 rings (SSSR count). The average molecular weight is 447 g/mol. The Hall–Kier alpha value is -3.05. The van der Waals surface area contributed by atoms with E-state index in [2.05, 4.69) is 66.5 Å². The molecule has 33 heavy (non-hydrogen) atoms. The van der Waals surface area contributed by atoms with Gasteiger partial charge in [0.1, 0.15) is 5.75 Å². The SMILES string of the molecule is CCCCOc1cc(N2CC[C@H](N[C@H](C)c3cccc4ccccc34)C2)ccc1CC(=O)O. The van der Waals surface area contributed by atoms with Crippen LogP contribution in [0.2, 0.25) is 0 Å². The van der Waals surface area contributed by atoms with Crippen molar-refractivity contribution in [2.45, 2.75) is 51.6 Å². The third kappa shape index (κ3) is 5.66. The van der Waals surface area contributed by atoms with Gasteiger partial charge in [0, 0.05) is 42.5 Å². The van der Waals surface area contributed by atoms with Crippen LogP contribution < -0.4 is 15.0 Å². The van der Waals surface area contributed by atoms with E-state index in [0.717, 1.165) is 43.6 Å². The second kappa shape index (κ2) is 10.7. The lowest BCUT2D eigenvalue weighted by molar-refractivity contribution is -0.136. The zero-order chi connectivity index (χ0) is 23.2. The first-order chi connectivity index (χ1) is 16.0. The molecule has 1 aliphatic heterocycles. The molecule has 3 aromatic carbocycles. The largest absolute Gasteiger partial charge is 0.493 e. The van der Waals surface area contributed by atoms with Crippen LogP contribution in [0.1, 0.15) is 50.3 Å². The van der Waals surface area contributed by atoms with Gasteiger partial charge in [0.25, 0.3) is 0 Å². The van der Waals surface area contributed by atoms with E-state index in [4.69, 9.17) is 4.74 Å². The van der Waals surface area contributed by atoms with Crippen LogP contribution in [0.15, 0.2) is 60.7 Å². The van der Waals surface area contributed by atoms with Crippen LogP contribution in [0.3, 0.4) is 0 Å². The molecule has 1 aliphatic rings. The van der Waals surface area contributed by atoms with E-state index in [-0.39, 0.29) is 12.5 Å². The molecule has 1 fully saturated rings. The Balaban J connectivity index is 1.44. The number of ether oxygens (including phenoxy) is 1. The summed E-state index contributed by atoms with van der Waals surface area (Å²) in [5.41, 5.74) is 3.16. The van der Waals surface area contributed by atoms with E-state index in [1.807, 2.05) is 18.2 Å². The second-order valence-electron chi connectivity index (χ2n) is 8.95. The smallest absolute Gasteiger partial charge is 0.307 e. The standard InChI is InChI=1S/C28H34N2O3/c1-3-4-16-33-27-18-24(13-12-22(27)17-28(31)32)30-15-14-23(19-30)29-20(2)25-11-7-9-21-8-5-6-10-26(21)25/h5-13,18,20,23,29H,3-4,14-17,19H2,1-2H3,(H,31,32)/t20-,23+/m1/s1. The zero-order valence-corrected chi connectivity index (χ0v) is 19.6. The highest BCUT2D eigenvalue weighted by atomic mass is 16.5. The number of carboxylic acids is 1. The lowest BCUT2D eigenvalue weighted by Gasteiger charge is -2.23. The fourth-order valence-electron chi connectivity index (χ4n) is 4.71. The van der Waals surface area contributed by atoms with Crippen molar-refractivity contribution < 1.29 is 14.6 Å². The molecule has 1 saturated heterocycles. The Labute approximate surface area is 196 Å². The third-order valence-electron chi connectivity index (χ3n) is 6.48. The average Bonchev–Trinajstić information content (AvgIpc) is 3.28. The van der Waals surface area contributed by atoms with Gasteiger partial charge >= 0.3 is 5.97 Å². The molecule has 5 nitrogen and oxygen atoms in total. The van der Waals surface area contributed by atoms with Crippen LogP contribution in [-0.4, -0.2) is 36.8 Å². The van der Waals surface area contributed by atoms with Crippen LogP contribution in [0.4, 0.5) is 5.69 Å². The summed E-state index contributed by atoms with van der Waals surface area (Å²) in [5, 5.41) is 15.7. The minimum atomic E-state index is -0.837. The summed E-state index contributed by atoms with van der Waals surface area (Å²) in [6.45, 7) is 6.85. The fraction of sp³-hybridized carbons (Fsp3) is 0.393. The number of aliphatic carboxylic acids is 1. The number of carbonyl (C=O) groups is 1. The van der Waals surface area contributed by atoms with Crippen LogP contribution in [-0.2, 0) is 11.2 Å². The summed E-state index contributed by atoms with van der Waals surface area (Å²) in [6, 6.07) is 21.7. The summed E-state index contributed by atoms with van der Waals surface area (Å²) >= 11 is 0. The van der Waals surface area contributed by atoms with Crippen molar-refractivity contribution in [2.24, 2.45) is 0 Å². The van der Waals surface area contributed by atoms with Crippen molar-refractivity contribution >= 4 is 22.4 Å². The van der Waals surface area contributed by atoms with Gasteiger partial charge in [0.05, 0.1) is 13.0 Å². The van der Waals surface area contributed by atoms with Gasteiger partial charge in [-0.05, 0) is 42.2 Å². The fourth-order valence-corrected chi connectivity index (χ4v) is 4.71. The van der Waals surface area contributed by atoms with Gasteiger partial charge < -0.3 is 20.1 Å². The summed E-state index contributed by atoms with van der Waals surface area (Å²) < 4.78 is 5.96. The van der Waals surface area contributed by atoms with Gasteiger partial charge in [-0.1, -0.05) is 61.9 Å². The van der Waals surface area contributed by atoms with Crippen molar-refractivity contribution in [3.8, 4) is 5.75 Å². The Morgan fingerprint density at radius 2 is 2.00 bits per heavy atom. The van der Waals surface area contributed by atoms with Crippen LogP contribution >= 0.6 is 0 Å². The first-order valence-electron chi connectivity index (χ1n) is 12.0. The summed E-state index contributed by atoms with van der Waals surface area (Å²) in [5.74, 6) is -0.139. The highest BCUT2D eigenvalue weighted by Crippen LogP contribution is 2.30. The molecule has 5 heteroatoms. The van der Waals surface area contributed by atoms with Crippen LogP contribution in [0.25, 0.3) is 10.8 Å². The number of hydrogen-bond acceptors (Lipinski definition) is 4. The van der Waals surface area contributed by atoms with Crippen LogP contribution in [0, 0.1) is 0 Å². The molecule has 0 spiro atoms. The molecule has 174 valence electrons. The molecule has 0 bridgehead atoms. The van der Waals surface area contributed by atoms with Crippen molar-refractivity contribution in [2.75, 3.05) is 24.6 Å². The maximum absolute atomic E-state index is 11.3. The normalized spacial score (nSPS) is 16.8. The molecule has 3 aromatic rings. The maximum Gasteiger partial charge on any atom is 0.307 e. The third-order valence-corrected chi connectivity index (χ3v) is 6.48. The Bertz CT molecular complexity index is 1090. The number of anilines is 1. The molecule has 0 aromatic heterocycles. The Kier molecular flexibility index (Phi) is 7.50. The van der Waals surface area contributed by atoms with Gasteiger partial charge in [-0.2, -0.15) is 0 Å². The molecule has 0 unspecified atom stereocenters. The Morgan fingerprint density at radius 3 is 2.82 bits per heavy atom. The molecular formula is C28H34N2O3. The lowest BCUT2D eigenvalue weighted by atomic mass is 9.99.